The number of carbonyl (C=O) groups excluding carboxylic acids is 1. The highest BCUT2D eigenvalue weighted by atomic mass is 16.1. The van der Waals surface area contributed by atoms with Crippen molar-refractivity contribution in [3.05, 3.63) is 78.4 Å². The number of hydrogen-bond donors (Lipinski definition) is 1. The number of nitrogens with zero attached hydrogens (tertiary/aromatic N) is 5. The van der Waals surface area contributed by atoms with Gasteiger partial charge < -0.3 is 15.1 Å². The summed E-state index contributed by atoms with van der Waals surface area (Å²) < 4.78 is 0. The molecule has 7 heteroatoms. The summed E-state index contributed by atoms with van der Waals surface area (Å²) in [7, 11) is 0. The lowest BCUT2D eigenvalue weighted by Crippen LogP contribution is -2.47. The molecule has 7 nitrogen and oxygen atoms in total. The van der Waals surface area contributed by atoms with Crippen molar-refractivity contribution < 1.29 is 4.79 Å². The largest absolute Gasteiger partial charge is 0.353 e. The Morgan fingerprint density at radius 1 is 0.897 bits per heavy atom. The molecule has 0 aliphatic carbocycles. The number of piperazine rings is 1. The highest BCUT2D eigenvalue weighted by Gasteiger charge is 2.20. The molecular formula is C22H24N6O. The molecule has 0 radical (unpaired) electrons. The second-order valence-electron chi connectivity index (χ2n) is 7.03. The van der Waals surface area contributed by atoms with Gasteiger partial charge in [-0.25, -0.2) is 15.0 Å². The van der Waals surface area contributed by atoms with Gasteiger partial charge in [-0.3, -0.25) is 4.79 Å². The minimum Gasteiger partial charge on any atom is -0.353 e. The summed E-state index contributed by atoms with van der Waals surface area (Å²) >= 11 is 0. The molecule has 1 atom stereocenters. The summed E-state index contributed by atoms with van der Waals surface area (Å²) in [5.41, 5.74) is 1.44. The molecule has 2 aromatic heterocycles. The van der Waals surface area contributed by atoms with Gasteiger partial charge in [0.25, 0.3) is 5.91 Å². The van der Waals surface area contributed by atoms with E-state index in [2.05, 4.69) is 30.1 Å². The smallest absolute Gasteiger partial charge is 0.270 e. The van der Waals surface area contributed by atoms with E-state index in [1.807, 2.05) is 61.7 Å². The first-order valence-electron chi connectivity index (χ1n) is 9.79. The molecule has 1 amide bonds. The van der Waals surface area contributed by atoms with Crippen molar-refractivity contribution in [2.45, 2.75) is 13.0 Å². The lowest BCUT2D eigenvalue weighted by atomic mass is 10.1. The van der Waals surface area contributed by atoms with Crippen LogP contribution in [0.25, 0.3) is 0 Å². The third-order valence-corrected chi connectivity index (χ3v) is 5.11. The normalized spacial score (nSPS) is 15.1. The number of nitrogens with one attached hydrogen (secondary N) is 1. The monoisotopic (exact) mass is 388 g/mol. The highest BCUT2D eigenvalue weighted by Crippen LogP contribution is 2.18. The summed E-state index contributed by atoms with van der Waals surface area (Å²) in [4.78, 5) is 30.1. The lowest BCUT2D eigenvalue weighted by molar-refractivity contribution is 0.0934. The van der Waals surface area contributed by atoms with Gasteiger partial charge in [-0.05, 0) is 24.6 Å². The summed E-state index contributed by atoms with van der Waals surface area (Å²) in [6, 6.07) is 17.5. The van der Waals surface area contributed by atoms with Gasteiger partial charge in [0.1, 0.15) is 23.7 Å². The minimum absolute atomic E-state index is 0.0935. The van der Waals surface area contributed by atoms with Crippen molar-refractivity contribution in [2.24, 2.45) is 0 Å². The van der Waals surface area contributed by atoms with Gasteiger partial charge in [-0.2, -0.15) is 0 Å². The van der Waals surface area contributed by atoms with E-state index < -0.39 is 0 Å². The predicted octanol–water partition coefficient (Wildman–Crippen LogP) is 2.69. The number of aromatic nitrogens is 3. The molecule has 29 heavy (non-hydrogen) atoms. The Morgan fingerprint density at radius 2 is 1.59 bits per heavy atom. The molecule has 1 aromatic carbocycles. The van der Waals surface area contributed by atoms with Crippen molar-refractivity contribution in [3.63, 3.8) is 0 Å². The number of hydrogen-bond acceptors (Lipinski definition) is 6. The number of pyridine rings is 1. The van der Waals surface area contributed by atoms with Crippen LogP contribution >= 0.6 is 0 Å². The van der Waals surface area contributed by atoms with Crippen molar-refractivity contribution in [2.75, 3.05) is 36.0 Å². The van der Waals surface area contributed by atoms with E-state index in [0.29, 0.717) is 5.69 Å². The van der Waals surface area contributed by atoms with Crippen LogP contribution in [0.3, 0.4) is 0 Å². The summed E-state index contributed by atoms with van der Waals surface area (Å²) in [6.45, 7) is 5.30. The van der Waals surface area contributed by atoms with E-state index in [9.17, 15) is 4.79 Å². The first kappa shape index (κ1) is 18.9. The molecule has 1 aliphatic heterocycles. The Kier molecular flexibility index (Phi) is 5.65. The summed E-state index contributed by atoms with van der Waals surface area (Å²) in [5.74, 6) is 1.57. The van der Waals surface area contributed by atoms with Crippen molar-refractivity contribution in [1.29, 1.82) is 0 Å². The SMILES string of the molecule is CC(NC(=O)c1cc(N2CCN(c3ccccn3)CC2)ncn1)c1ccccc1. The van der Waals surface area contributed by atoms with Crippen LogP contribution in [0.1, 0.15) is 29.0 Å². The van der Waals surface area contributed by atoms with Gasteiger partial charge in [0.2, 0.25) is 0 Å². The molecule has 1 N–H and O–H groups in total. The van der Waals surface area contributed by atoms with Gasteiger partial charge in [-0.1, -0.05) is 36.4 Å². The molecule has 0 saturated carbocycles. The molecule has 3 aromatic rings. The maximum Gasteiger partial charge on any atom is 0.270 e. The Hall–Kier alpha value is -3.48. The van der Waals surface area contributed by atoms with Gasteiger partial charge in [-0.15, -0.1) is 0 Å². The van der Waals surface area contributed by atoms with E-state index >= 15 is 0 Å². The molecule has 1 unspecified atom stereocenters. The zero-order valence-electron chi connectivity index (χ0n) is 16.4. The molecule has 4 rings (SSSR count). The lowest BCUT2D eigenvalue weighted by Gasteiger charge is -2.36. The molecular weight excluding hydrogens is 364 g/mol. The van der Waals surface area contributed by atoms with Gasteiger partial charge in [0.15, 0.2) is 0 Å². The van der Waals surface area contributed by atoms with Crippen molar-refractivity contribution in [3.8, 4) is 0 Å². The van der Waals surface area contributed by atoms with Gasteiger partial charge >= 0.3 is 0 Å². The average Bonchev–Trinajstić information content (AvgIpc) is 2.80. The predicted molar refractivity (Wildman–Crippen MR) is 113 cm³/mol. The number of carbonyl (C=O) groups is 1. The third kappa shape index (κ3) is 4.51. The van der Waals surface area contributed by atoms with Crippen LogP contribution in [0.15, 0.2) is 67.1 Å². The molecule has 1 aliphatic rings. The molecule has 3 heterocycles. The van der Waals surface area contributed by atoms with Gasteiger partial charge in [0.05, 0.1) is 6.04 Å². The van der Waals surface area contributed by atoms with Crippen LogP contribution in [-0.2, 0) is 0 Å². The Morgan fingerprint density at radius 3 is 2.28 bits per heavy atom. The van der Waals surface area contributed by atoms with Crippen molar-refractivity contribution >= 4 is 17.5 Å². The Labute approximate surface area is 170 Å². The summed E-state index contributed by atoms with van der Waals surface area (Å²) in [5, 5.41) is 3.01. The number of benzene rings is 1. The first-order valence-corrected chi connectivity index (χ1v) is 9.79. The Balaban J connectivity index is 1.39. The average molecular weight is 388 g/mol. The molecule has 0 bridgehead atoms. The fourth-order valence-corrected chi connectivity index (χ4v) is 3.45. The van der Waals surface area contributed by atoms with E-state index in [-0.39, 0.29) is 11.9 Å². The van der Waals surface area contributed by atoms with Crippen LogP contribution in [0.5, 0.6) is 0 Å². The van der Waals surface area contributed by atoms with Crippen molar-refractivity contribution in [1.82, 2.24) is 20.3 Å². The quantitative estimate of drug-likeness (QED) is 0.724. The molecule has 148 valence electrons. The van der Waals surface area contributed by atoms with Crippen LogP contribution in [0.4, 0.5) is 11.6 Å². The zero-order valence-corrected chi connectivity index (χ0v) is 16.4. The number of amides is 1. The summed E-state index contributed by atoms with van der Waals surface area (Å²) in [6.07, 6.45) is 3.27. The highest BCUT2D eigenvalue weighted by molar-refractivity contribution is 5.93. The van der Waals surface area contributed by atoms with E-state index in [0.717, 1.165) is 43.4 Å². The van der Waals surface area contributed by atoms with Crippen LogP contribution in [0, 0.1) is 0 Å². The number of anilines is 2. The zero-order chi connectivity index (χ0) is 20.1. The maximum absolute atomic E-state index is 12.7. The Bertz CT molecular complexity index is 942. The standard InChI is InChI=1S/C22H24N6O/c1-17(18-7-3-2-4-8-18)26-22(29)19-15-21(25-16-24-19)28-13-11-27(12-14-28)20-9-5-6-10-23-20/h2-10,15-17H,11-14H2,1H3,(H,26,29). The van der Waals surface area contributed by atoms with Crippen LogP contribution < -0.4 is 15.1 Å². The second-order valence-corrected chi connectivity index (χ2v) is 7.03. The van der Waals surface area contributed by atoms with Crippen LogP contribution in [0.2, 0.25) is 0 Å². The molecule has 1 fully saturated rings. The van der Waals surface area contributed by atoms with E-state index in [1.54, 1.807) is 6.07 Å². The van der Waals surface area contributed by atoms with Gasteiger partial charge in [0, 0.05) is 38.4 Å². The van der Waals surface area contributed by atoms with E-state index in [4.69, 9.17) is 0 Å². The molecule has 1 saturated heterocycles. The first-order chi connectivity index (χ1) is 14.2. The third-order valence-electron chi connectivity index (χ3n) is 5.11. The fourth-order valence-electron chi connectivity index (χ4n) is 3.45. The van der Waals surface area contributed by atoms with Crippen LogP contribution in [-0.4, -0.2) is 47.0 Å². The van der Waals surface area contributed by atoms with E-state index in [1.165, 1.54) is 6.33 Å². The topological polar surface area (TPSA) is 74.2 Å². The minimum atomic E-state index is -0.197. The number of rotatable bonds is 5. The molecule has 0 spiro atoms. The second kappa shape index (κ2) is 8.68. The fraction of sp³-hybridized carbons (Fsp3) is 0.273. The maximum atomic E-state index is 12.7.